The first-order chi connectivity index (χ1) is 11.0. The normalized spacial score (nSPS) is 11.8. The molecule has 2 atom stereocenters. The molecule has 24 heavy (non-hydrogen) atoms. The first kappa shape index (κ1) is 21.1. The number of ether oxygens (including phenoxy) is 2. The van der Waals surface area contributed by atoms with Gasteiger partial charge in [0, 0.05) is 18.9 Å². The van der Waals surface area contributed by atoms with Crippen molar-refractivity contribution in [2.45, 2.75) is 26.4 Å². The van der Waals surface area contributed by atoms with Gasteiger partial charge in [-0.3, -0.25) is 4.79 Å². The van der Waals surface area contributed by atoms with Gasteiger partial charge in [-0.25, -0.2) is 0 Å². The summed E-state index contributed by atoms with van der Waals surface area (Å²) >= 11 is 6.15. The van der Waals surface area contributed by atoms with E-state index in [1.807, 2.05) is 31.2 Å². The molecule has 0 aliphatic rings. The number of hydrogen-bond acceptors (Lipinski definition) is 3. The predicted octanol–water partition coefficient (Wildman–Crippen LogP) is 4.29. The fourth-order valence-corrected chi connectivity index (χ4v) is 3.33. The SMILES string of the molecule is CCC(C)Oc1ccc(PC(=O)c2c(Cl)cccc2OC)cc1.[Li]. The van der Waals surface area contributed by atoms with Crippen molar-refractivity contribution in [1.29, 1.82) is 0 Å². The minimum absolute atomic E-state index is 0. The van der Waals surface area contributed by atoms with Crippen LogP contribution in [0.2, 0.25) is 5.02 Å². The van der Waals surface area contributed by atoms with Gasteiger partial charge in [-0.1, -0.05) is 36.7 Å². The van der Waals surface area contributed by atoms with Crippen LogP contribution in [0.4, 0.5) is 0 Å². The zero-order chi connectivity index (χ0) is 16.8. The van der Waals surface area contributed by atoms with Crippen LogP contribution >= 0.6 is 20.2 Å². The Kier molecular flexibility index (Phi) is 8.88. The van der Waals surface area contributed by atoms with Gasteiger partial charge in [-0.2, -0.15) is 0 Å². The third kappa shape index (κ3) is 5.54. The summed E-state index contributed by atoms with van der Waals surface area (Å²) in [6.45, 7) is 4.11. The third-order valence-electron chi connectivity index (χ3n) is 3.45. The molecule has 0 aliphatic carbocycles. The van der Waals surface area contributed by atoms with E-state index >= 15 is 0 Å². The summed E-state index contributed by atoms with van der Waals surface area (Å²) in [4.78, 5) is 12.5. The fraction of sp³-hybridized carbons (Fsp3) is 0.278. The first-order valence-corrected chi connectivity index (χ1v) is 8.83. The summed E-state index contributed by atoms with van der Waals surface area (Å²) < 4.78 is 11.0. The van der Waals surface area contributed by atoms with E-state index in [1.165, 1.54) is 7.11 Å². The molecule has 0 saturated carbocycles. The largest absolute Gasteiger partial charge is 0.496 e. The molecule has 1 radical (unpaired) electrons. The van der Waals surface area contributed by atoms with Crippen molar-refractivity contribution in [3.05, 3.63) is 53.1 Å². The number of hydrogen-bond donors (Lipinski definition) is 0. The Bertz CT molecular complexity index is 676. The monoisotopic (exact) mass is 357 g/mol. The van der Waals surface area contributed by atoms with Crippen molar-refractivity contribution in [2.24, 2.45) is 0 Å². The van der Waals surface area contributed by atoms with Gasteiger partial charge >= 0.3 is 0 Å². The van der Waals surface area contributed by atoms with Crippen LogP contribution in [-0.4, -0.2) is 37.6 Å². The Hall–Kier alpha value is -0.973. The second-order valence-corrected chi connectivity index (χ2v) is 6.82. The van der Waals surface area contributed by atoms with Crippen molar-refractivity contribution in [1.82, 2.24) is 0 Å². The quantitative estimate of drug-likeness (QED) is 0.548. The predicted molar refractivity (Wildman–Crippen MR) is 103 cm³/mol. The zero-order valence-electron chi connectivity index (χ0n) is 14.4. The van der Waals surface area contributed by atoms with E-state index in [0.717, 1.165) is 17.5 Å². The number of rotatable bonds is 7. The summed E-state index contributed by atoms with van der Waals surface area (Å²) in [7, 11) is 1.52. The van der Waals surface area contributed by atoms with E-state index in [1.54, 1.807) is 18.2 Å². The minimum Gasteiger partial charge on any atom is -0.496 e. The van der Waals surface area contributed by atoms with Crippen molar-refractivity contribution in [3.63, 3.8) is 0 Å². The van der Waals surface area contributed by atoms with Gasteiger partial charge in [0.1, 0.15) is 11.5 Å². The molecule has 2 rings (SSSR count). The Labute approximate surface area is 162 Å². The van der Waals surface area contributed by atoms with Gasteiger partial charge in [0.25, 0.3) is 0 Å². The van der Waals surface area contributed by atoms with Crippen LogP contribution in [0.25, 0.3) is 0 Å². The molecule has 2 aromatic rings. The molecule has 0 heterocycles. The van der Waals surface area contributed by atoms with Crippen LogP contribution in [-0.2, 0) is 0 Å². The van der Waals surface area contributed by atoms with Crippen LogP contribution in [0.3, 0.4) is 0 Å². The van der Waals surface area contributed by atoms with E-state index < -0.39 is 0 Å². The Morgan fingerprint density at radius 2 is 1.88 bits per heavy atom. The first-order valence-electron chi connectivity index (χ1n) is 7.45. The van der Waals surface area contributed by atoms with Crippen LogP contribution in [0.1, 0.15) is 30.6 Å². The summed E-state index contributed by atoms with van der Waals surface area (Å²) in [5, 5.41) is 1.35. The average molecular weight is 358 g/mol. The van der Waals surface area contributed by atoms with Crippen LogP contribution in [0, 0.1) is 0 Å². The maximum absolute atomic E-state index is 12.5. The standard InChI is InChI=1S/C18H20ClO3P.Li/c1-4-12(2)22-13-8-10-14(11-9-13)23-18(20)17-15(19)6-5-7-16(17)21-3;/h5-12,23H,4H2,1-3H3;. The molecule has 0 saturated heterocycles. The molecular weight excluding hydrogens is 338 g/mol. The van der Waals surface area contributed by atoms with Gasteiger partial charge in [0.15, 0.2) is 5.52 Å². The summed E-state index contributed by atoms with van der Waals surface area (Å²) in [5.74, 6) is 1.32. The molecule has 0 aliphatic heterocycles. The van der Waals surface area contributed by atoms with E-state index in [4.69, 9.17) is 21.1 Å². The molecule has 2 unspecified atom stereocenters. The van der Waals surface area contributed by atoms with Gasteiger partial charge < -0.3 is 9.47 Å². The maximum Gasteiger partial charge on any atom is 0.190 e. The van der Waals surface area contributed by atoms with Gasteiger partial charge in [-0.15, -0.1) is 0 Å². The number of methoxy groups -OCH3 is 1. The number of benzene rings is 2. The van der Waals surface area contributed by atoms with Crippen molar-refractivity contribution >= 4 is 49.9 Å². The molecule has 0 fully saturated rings. The zero-order valence-corrected chi connectivity index (χ0v) is 16.2. The number of carbonyl (C=O) groups is 1. The molecule has 0 bridgehead atoms. The van der Waals surface area contributed by atoms with Crippen LogP contribution in [0.5, 0.6) is 11.5 Å². The average Bonchev–Trinajstić information content (AvgIpc) is 2.56. The molecule has 6 heteroatoms. The molecule has 0 aromatic heterocycles. The number of halogens is 1. The molecule has 0 N–H and O–H groups in total. The van der Waals surface area contributed by atoms with E-state index in [0.29, 0.717) is 16.3 Å². The van der Waals surface area contributed by atoms with Crippen molar-refractivity contribution < 1.29 is 14.3 Å². The molecule has 0 amide bonds. The van der Waals surface area contributed by atoms with Gasteiger partial charge in [0.05, 0.1) is 23.8 Å². The summed E-state index contributed by atoms with van der Waals surface area (Å²) in [6, 6.07) is 12.8. The fourth-order valence-electron chi connectivity index (χ4n) is 2.02. The van der Waals surface area contributed by atoms with E-state index in [2.05, 4.69) is 6.92 Å². The maximum atomic E-state index is 12.5. The second kappa shape index (κ2) is 10.1. The minimum atomic E-state index is -0.0388. The van der Waals surface area contributed by atoms with Crippen LogP contribution < -0.4 is 14.8 Å². The molecular formula is C18H20ClLiO3P. The van der Waals surface area contributed by atoms with E-state index in [9.17, 15) is 4.79 Å². The third-order valence-corrected chi connectivity index (χ3v) is 4.86. The van der Waals surface area contributed by atoms with E-state index in [-0.39, 0.29) is 39.1 Å². The molecule has 123 valence electrons. The molecule has 2 aromatic carbocycles. The second-order valence-electron chi connectivity index (χ2n) is 5.13. The Morgan fingerprint density at radius 3 is 2.46 bits per heavy atom. The Morgan fingerprint density at radius 1 is 1.21 bits per heavy atom. The smallest absolute Gasteiger partial charge is 0.190 e. The topological polar surface area (TPSA) is 35.5 Å². The summed E-state index contributed by atoms with van der Waals surface area (Å²) in [5.41, 5.74) is 0.401. The van der Waals surface area contributed by atoms with Crippen LogP contribution in [0.15, 0.2) is 42.5 Å². The number of carbonyl (C=O) groups excluding carboxylic acids is 1. The van der Waals surface area contributed by atoms with Crippen molar-refractivity contribution in [3.8, 4) is 11.5 Å². The molecule has 3 nitrogen and oxygen atoms in total. The Balaban J connectivity index is 0.00000288. The molecule has 0 spiro atoms. The summed E-state index contributed by atoms with van der Waals surface area (Å²) in [6.07, 6.45) is 1.13. The van der Waals surface area contributed by atoms with Gasteiger partial charge in [-0.05, 0) is 51.5 Å². The van der Waals surface area contributed by atoms with Crippen molar-refractivity contribution in [2.75, 3.05) is 7.11 Å². The van der Waals surface area contributed by atoms with Gasteiger partial charge in [0.2, 0.25) is 0 Å².